The van der Waals surface area contributed by atoms with Gasteiger partial charge in [-0.05, 0) is 72.4 Å². The number of hydrogen-bond acceptors (Lipinski definition) is 5. The first-order chi connectivity index (χ1) is 16.4. The molecule has 0 radical (unpaired) electrons. The van der Waals surface area contributed by atoms with E-state index in [-0.39, 0.29) is 17.7 Å². The molecular formula is C27H25ClN2O4. The predicted molar refractivity (Wildman–Crippen MR) is 130 cm³/mol. The van der Waals surface area contributed by atoms with E-state index in [2.05, 4.69) is 11.4 Å². The number of rotatable bonds is 10. The van der Waals surface area contributed by atoms with Crippen LogP contribution in [0.4, 0.5) is 0 Å². The van der Waals surface area contributed by atoms with E-state index >= 15 is 0 Å². The van der Waals surface area contributed by atoms with Crippen LogP contribution in [0.2, 0.25) is 5.02 Å². The predicted octanol–water partition coefficient (Wildman–Crippen LogP) is 4.68. The van der Waals surface area contributed by atoms with Crippen molar-refractivity contribution in [3.8, 4) is 22.9 Å². The van der Waals surface area contributed by atoms with Crippen LogP contribution >= 0.6 is 11.6 Å². The maximum atomic E-state index is 11.1. The molecule has 0 bridgehead atoms. The molecule has 174 valence electrons. The van der Waals surface area contributed by atoms with Crippen LogP contribution in [-0.2, 0) is 6.42 Å². The Bertz CT molecular complexity index is 1200. The number of β-amino-alcohol motifs (C(OH)–C–C–N with tert-alkyl or cyclic N) is 1. The lowest BCUT2D eigenvalue weighted by atomic mass is 10.0. The number of aliphatic hydroxyl groups excluding tert-OH is 1. The minimum absolute atomic E-state index is 0.00530. The molecule has 6 nitrogen and oxygen atoms in total. The molecule has 1 saturated carbocycles. The molecule has 0 saturated heterocycles. The van der Waals surface area contributed by atoms with Gasteiger partial charge in [0, 0.05) is 17.1 Å². The lowest BCUT2D eigenvalue weighted by Crippen LogP contribution is -2.40. The lowest BCUT2D eigenvalue weighted by Gasteiger charge is -2.21. The molecule has 1 fully saturated rings. The summed E-state index contributed by atoms with van der Waals surface area (Å²) in [5.41, 5.74) is 3.36. The van der Waals surface area contributed by atoms with Gasteiger partial charge in [-0.15, -0.1) is 0 Å². The molecule has 0 spiro atoms. The van der Waals surface area contributed by atoms with Crippen molar-refractivity contribution in [3.63, 3.8) is 0 Å². The zero-order chi connectivity index (χ0) is 24.1. The Balaban J connectivity index is 1.35. The average Bonchev–Trinajstić information content (AvgIpc) is 3.62. The molecule has 4 rings (SSSR count). The van der Waals surface area contributed by atoms with Gasteiger partial charge in [0.25, 0.3) is 0 Å². The summed E-state index contributed by atoms with van der Waals surface area (Å²) < 4.78 is 5.81. The molecular weight excluding hydrogens is 452 g/mol. The number of aromatic carboxylic acids is 1. The molecule has 0 amide bonds. The van der Waals surface area contributed by atoms with Crippen LogP contribution in [-0.4, -0.2) is 41.0 Å². The van der Waals surface area contributed by atoms with E-state index in [4.69, 9.17) is 21.4 Å². The number of carboxylic acids is 1. The van der Waals surface area contributed by atoms with Crippen molar-refractivity contribution < 1.29 is 19.7 Å². The van der Waals surface area contributed by atoms with E-state index < -0.39 is 12.1 Å². The molecule has 3 N–H and O–H groups in total. The summed E-state index contributed by atoms with van der Waals surface area (Å²) in [6.45, 7) is 0.423. The van der Waals surface area contributed by atoms with Crippen LogP contribution in [0.25, 0.3) is 11.1 Å². The zero-order valence-electron chi connectivity index (χ0n) is 18.5. The fourth-order valence-electron chi connectivity index (χ4n) is 3.86. The Morgan fingerprint density at radius 2 is 1.76 bits per heavy atom. The van der Waals surface area contributed by atoms with Crippen molar-refractivity contribution in [2.24, 2.45) is 0 Å². The molecule has 7 heteroatoms. The van der Waals surface area contributed by atoms with Gasteiger partial charge in [-0.3, -0.25) is 0 Å². The molecule has 0 aromatic heterocycles. The third kappa shape index (κ3) is 5.95. The third-order valence-electron chi connectivity index (χ3n) is 6.02. The quantitative estimate of drug-likeness (QED) is 0.392. The Kier molecular flexibility index (Phi) is 7.18. The lowest BCUT2D eigenvalue weighted by molar-refractivity contribution is 0.0697. The minimum Gasteiger partial charge on any atom is -0.489 e. The highest BCUT2D eigenvalue weighted by atomic mass is 35.5. The first kappa shape index (κ1) is 23.8. The van der Waals surface area contributed by atoms with Gasteiger partial charge in [0.15, 0.2) is 0 Å². The summed E-state index contributed by atoms with van der Waals surface area (Å²) in [4.78, 5) is 11.1. The normalized spacial score (nSPS) is 14.7. The van der Waals surface area contributed by atoms with E-state index in [0.717, 1.165) is 30.4 Å². The van der Waals surface area contributed by atoms with Crippen LogP contribution in [0.15, 0.2) is 66.7 Å². The van der Waals surface area contributed by atoms with E-state index in [9.17, 15) is 15.2 Å². The molecule has 34 heavy (non-hydrogen) atoms. The van der Waals surface area contributed by atoms with Gasteiger partial charge in [0.05, 0.1) is 11.1 Å². The summed E-state index contributed by atoms with van der Waals surface area (Å²) in [6.07, 6.45) is 2.22. The Morgan fingerprint density at radius 3 is 2.38 bits per heavy atom. The van der Waals surface area contributed by atoms with Crippen LogP contribution < -0.4 is 10.1 Å². The Morgan fingerprint density at radius 1 is 1.09 bits per heavy atom. The second-order valence-electron chi connectivity index (χ2n) is 8.63. The van der Waals surface area contributed by atoms with Crippen molar-refractivity contribution in [2.45, 2.75) is 30.9 Å². The number of aliphatic hydroxyl groups is 1. The number of nitrogens with zero attached hydrogens (tertiary/aromatic N) is 1. The van der Waals surface area contributed by atoms with Gasteiger partial charge in [-0.2, -0.15) is 5.26 Å². The van der Waals surface area contributed by atoms with Crippen LogP contribution in [0.3, 0.4) is 0 Å². The van der Waals surface area contributed by atoms with Crippen LogP contribution in [0.1, 0.15) is 34.3 Å². The number of nitriles is 1. The van der Waals surface area contributed by atoms with Crippen LogP contribution in [0, 0.1) is 11.3 Å². The maximum absolute atomic E-state index is 11.1. The topological polar surface area (TPSA) is 103 Å². The van der Waals surface area contributed by atoms with Gasteiger partial charge in [-0.25, -0.2) is 4.79 Å². The van der Waals surface area contributed by atoms with Gasteiger partial charge in [0.1, 0.15) is 24.5 Å². The highest BCUT2D eigenvalue weighted by Crippen LogP contribution is 2.38. The Labute approximate surface area is 203 Å². The third-order valence-corrected chi connectivity index (χ3v) is 6.27. The SMILES string of the molecule is N#Cc1ccc(-c2ccc(C(=O)O)cc2)cc1OC[C@H](O)CNC1(Cc2ccc(Cl)cc2)CC1. The molecule has 0 aliphatic heterocycles. The standard InChI is InChI=1S/C27H25ClN2O4/c28-23-9-1-18(2-10-23)14-27(11-12-27)30-16-24(31)17-34-25-13-21(7-8-22(25)15-29)19-3-5-20(6-4-19)26(32)33/h1-10,13,24,30-31H,11-12,14,16-17H2,(H,32,33)/t24-/m1/s1. The molecule has 3 aromatic carbocycles. The summed E-state index contributed by atoms with van der Waals surface area (Å²) in [5, 5.41) is 33.2. The number of carboxylic acid groups (broad SMARTS) is 1. The van der Waals surface area contributed by atoms with Gasteiger partial charge in [0.2, 0.25) is 0 Å². The summed E-state index contributed by atoms with van der Waals surface area (Å²) in [7, 11) is 0. The van der Waals surface area contributed by atoms with Gasteiger partial charge in [-0.1, -0.05) is 41.9 Å². The first-order valence-electron chi connectivity index (χ1n) is 11.1. The fraction of sp³-hybridized carbons (Fsp3) is 0.259. The monoisotopic (exact) mass is 476 g/mol. The number of carbonyl (C=O) groups is 1. The smallest absolute Gasteiger partial charge is 0.335 e. The summed E-state index contributed by atoms with van der Waals surface area (Å²) >= 11 is 5.97. The number of hydrogen-bond donors (Lipinski definition) is 3. The average molecular weight is 477 g/mol. The number of nitrogens with one attached hydrogen (secondary N) is 1. The largest absolute Gasteiger partial charge is 0.489 e. The second kappa shape index (κ2) is 10.3. The van der Waals surface area contributed by atoms with E-state index in [1.54, 1.807) is 30.3 Å². The molecule has 3 aromatic rings. The fourth-order valence-corrected chi connectivity index (χ4v) is 3.98. The number of halogens is 1. The highest BCUT2D eigenvalue weighted by Gasteiger charge is 2.42. The van der Waals surface area contributed by atoms with E-state index in [1.165, 1.54) is 17.7 Å². The molecule has 1 atom stereocenters. The maximum Gasteiger partial charge on any atom is 0.335 e. The zero-order valence-corrected chi connectivity index (χ0v) is 19.3. The summed E-state index contributed by atoms with van der Waals surface area (Å²) in [6, 6.07) is 21.6. The molecule has 1 aliphatic carbocycles. The van der Waals surface area contributed by atoms with E-state index in [0.29, 0.717) is 22.9 Å². The van der Waals surface area contributed by atoms with Crippen LogP contribution in [0.5, 0.6) is 5.75 Å². The molecule has 0 heterocycles. The van der Waals surface area contributed by atoms with Crippen molar-refractivity contribution in [3.05, 3.63) is 88.4 Å². The molecule has 1 aliphatic rings. The van der Waals surface area contributed by atoms with Gasteiger partial charge >= 0.3 is 5.97 Å². The number of ether oxygens (including phenoxy) is 1. The Hall–Kier alpha value is -3.37. The van der Waals surface area contributed by atoms with Crippen molar-refractivity contribution in [1.82, 2.24) is 5.32 Å². The summed E-state index contributed by atoms with van der Waals surface area (Å²) in [5.74, 6) is -0.609. The minimum atomic E-state index is -0.987. The van der Waals surface area contributed by atoms with E-state index in [1.807, 2.05) is 24.3 Å². The molecule has 0 unspecified atom stereocenters. The first-order valence-corrected chi connectivity index (χ1v) is 11.4. The van der Waals surface area contributed by atoms with Gasteiger partial charge < -0.3 is 20.3 Å². The highest BCUT2D eigenvalue weighted by molar-refractivity contribution is 6.30. The second-order valence-corrected chi connectivity index (χ2v) is 9.07. The number of benzene rings is 3. The van der Waals surface area contributed by atoms with Crippen molar-refractivity contribution >= 4 is 17.6 Å². The van der Waals surface area contributed by atoms with Crippen molar-refractivity contribution in [2.75, 3.05) is 13.2 Å². The van der Waals surface area contributed by atoms with Crippen molar-refractivity contribution in [1.29, 1.82) is 5.26 Å².